The Morgan fingerprint density at radius 2 is 1.72 bits per heavy atom. The number of anilines is 3. The van der Waals surface area contributed by atoms with Gasteiger partial charge < -0.3 is 14.7 Å². The second-order valence-electron chi connectivity index (χ2n) is 8.26. The normalized spacial score (nSPS) is 20.1. The highest BCUT2D eigenvalue weighted by molar-refractivity contribution is 5.96. The molecule has 9 heteroatoms. The third-order valence-corrected chi connectivity index (χ3v) is 6.01. The molecule has 2 fully saturated rings. The number of amides is 2. The summed E-state index contributed by atoms with van der Waals surface area (Å²) >= 11 is 0. The summed E-state index contributed by atoms with van der Waals surface area (Å²) in [6.45, 7) is 4.25. The Bertz CT molecular complexity index is 938. The van der Waals surface area contributed by atoms with E-state index in [1.165, 1.54) is 24.5 Å². The van der Waals surface area contributed by atoms with E-state index in [1.807, 2.05) is 21.7 Å². The van der Waals surface area contributed by atoms with Crippen LogP contribution in [-0.2, 0) is 0 Å². The van der Waals surface area contributed by atoms with Gasteiger partial charge in [0.05, 0.1) is 23.8 Å². The van der Waals surface area contributed by atoms with Crippen molar-refractivity contribution in [3.8, 4) is 0 Å². The zero-order chi connectivity index (χ0) is 20.2. The maximum atomic E-state index is 13.7. The van der Waals surface area contributed by atoms with Gasteiger partial charge in [0.25, 0.3) is 0 Å². The lowest BCUT2D eigenvalue weighted by Gasteiger charge is -2.60. The number of carbonyl (C=O) groups is 1. The molecule has 2 aromatic rings. The van der Waals surface area contributed by atoms with Crippen LogP contribution in [0.3, 0.4) is 0 Å². The summed E-state index contributed by atoms with van der Waals surface area (Å²) in [7, 11) is 1.92. The van der Waals surface area contributed by atoms with E-state index in [1.54, 1.807) is 11.0 Å². The average molecular weight is 400 g/mol. The van der Waals surface area contributed by atoms with Gasteiger partial charge >= 0.3 is 6.03 Å². The number of aromatic nitrogens is 2. The summed E-state index contributed by atoms with van der Waals surface area (Å²) < 4.78 is 26.7. The number of fused-ring (bicyclic) bond motifs is 1. The number of rotatable bonds is 1. The number of halogens is 2. The Kier molecular flexibility index (Phi) is 4.07. The van der Waals surface area contributed by atoms with Crippen molar-refractivity contribution in [1.82, 2.24) is 14.9 Å². The van der Waals surface area contributed by atoms with Crippen LogP contribution in [-0.4, -0.2) is 67.2 Å². The van der Waals surface area contributed by atoms with Gasteiger partial charge in [-0.1, -0.05) is 0 Å². The fourth-order valence-corrected chi connectivity index (χ4v) is 4.58. The molecule has 1 spiro atoms. The van der Waals surface area contributed by atoms with Crippen molar-refractivity contribution in [1.29, 1.82) is 0 Å². The first-order valence-corrected chi connectivity index (χ1v) is 9.74. The minimum atomic E-state index is -0.451. The lowest BCUT2D eigenvalue weighted by Crippen LogP contribution is -2.74. The molecule has 5 rings (SSSR count). The zero-order valence-electron chi connectivity index (χ0n) is 16.2. The molecule has 29 heavy (non-hydrogen) atoms. The maximum absolute atomic E-state index is 13.7. The van der Waals surface area contributed by atoms with Gasteiger partial charge in [-0.05, 0) is 24.6 Å². The molecule has 0 N–H and O–H groups in total. The van der Waals surface area contributed by atoms with Crippen LogP contribution < -0.4 is 14.7 Å². The lowest BCUT2D eigenvalue weighted by atomic mass is 9.73. The number of hydrogen-bond donors (Lipinski definition) is 0. The molecule has 0 atom stereocenters. The summed E-state index contributed by atoms with van der Waals surface area (Å²) in [6.07, 6.45) is 3.16. The summed E-state index contributed by atoms with van der Waals surface area (Å²) in [5, 5.41) is 0. The molecule has 1 aromatic heterocycles. The summed E-state index contributed by atoms with van der Waals surface area (Å²) in [4.78, 5) is 28.8. The Hall–Kier alpha value is -2.97. The molecule has 1 aromatic carbocycles. The molecule has 0 unspecified atom stereocenters. The number of nitrogens with zero attached hydrogens (tertiary/aromatic N) is 6. The monoisotopic (exact) mass is 400 g/mol. The minimum Gasteiger partial charge on any atom is -0.373 e. The highest BCUT2D eigenvalue weighted by atomic mass is 19.1. The van der Waals surface area contributed by atoms with Crippen LogP contribution in [0.4, 0.5) is 30.9 Å². The second-order valence-corrected chi connectivity index (χ2v) is 8.26. The molecule has 0 saturated carbocycles. The molecule has 7 nitrogen and oxygen atoms in total. The largest absolute Gasteiger partial charge is 0.373 e. The van der Waals surface area contributed by atoms with E-state index >= 15 is 0 Å². The summed E-state index contributed by atoms with van der Waals surface area (Å²) in [5.41, 5.74) is 1.56. The first-order valence-electron chi connectivity index (χ1n) is 9.74. The van der Waals surface area contributed by atoms with Crippen LogP contribution >= 0.6 is 0 Å². The Morgan fingerprint density at radius 3 is 2.45 bits per heavy atom. The van der Waals surface area contributed by atoms with Gasteiger partial charge in [0.2, 0.25) is 5.95 Å². The van der Waals surface area contributed by atoms with Crippen molar-refractivity contribution < 1.29 is 13.6 Å². The van der Waals surface area contributed by atoms with Crippen LogP contribution in [0.2, 0.25) is 0 Å². The minimum absolute atomic E-state index is 0.0322. The molecule has 3 aliphatic rings. The van der Waals surface area contributed by atoms with E-state index in [-0.39, 0.29) is 17.3 Å². The molecule has 152 valence electrons. The van der Waals surface area contributed by atoms with E-state index in [0.717, 1.165) is 37.4 Å². The Balaban J connectivity index is 1.25. The van der Waals surface area contributed by atoms with Crippen molar-refractivity contribution in [2.75, 3.05) is 61.0 Å². The van der Waals surface area contributed by atoms with Crippen LogP contribution in [0.15, 0.2) is 30.6 Å². The molecule has 2 saturated heterocycles. The lowest BCUT2D eigenvalue weighted by molar-refractivity contribution is 0.00923. The van der Waals surface area contributed by atoms with Crippen molar-refractivity contribution in [3.63, 3.8) is 0 Å². The number of hydrogen-bond acceptors (Lipinski definition) is 5. The SMILES string of the molecule is CN1CCCN(C(=O)N2CC3(C2)CN(c2ncc(F)cn2)C3)c2ccc(F)cc21. The Morgan fingerprint density at radius 1 is 1.00 bits per heavy atom. The van der Waals surface area contributed by atoms with Gasteiger partial charge in [-0.2, -0.15) is 0 Å². The quantitative estimate of drug-likeness (QED) is 0.736. The van der Waals surface area contributed by atoms with E-state index < -0.39 is 5.82 Å². The van der Waals surface area contributed by atoms with Crippen molar-refractivity contribution >= 4 is 23.4 Å². The van der Waals surface area contributed by atoms with Crippen LogP contribution in [0, 0.1) is 17.0 Å². The third-order valence-electron chi connectivity index (χ3n) is 6.01. The van der Waals surface area contributed by atoms with Crippen molar-refractivity contribution in [2.45, 2.75) is 6.42 Å². The summed E-state index contributed by atoms with van der Waals surface area (Å²) in [5.74, 6) is -0.230. The van der Waals surface area contributed by atoms with Gasteiger partial charge in [0.1, 0.15) is 5.82 Å². The predicted molar refractivity (Wildman–Crippen MR) is 105 cm³/mol. The van der Waals surface area contributed by atoms with E-state index in [4.69, 9.17) is 0 Å². The van der Waals surface area contributed by atoms with Gasteiger partial charge in [0, 0.05) is 51.7 Å². The fourth-order valence-electron chi connectivity index (χ4n) is 4.58. The predicted octanol–water partition coefficient (Wildman–Crippen LogP) is 2.34. The molecular weight excluding hydrogens is 378 g/mol. The number of carbonyl (C=O) groups excluding carboxylic acids is 1. The molecule has 2 amide bonds. The third kappa shape index (κ3) is 3.04. The zero-order valence-corrected chi connectivity index (χ0v) is 16.2. The number of likely N-dealkylation sites (tertiary alicyclic amines) is 1. The smallest absolute Gasteiger partial charge is 0.324 e. The Labute approximate surface area is 167 Å². The highest BCUT2D eigenvalue weighted by Gasteiger charge is 2.54. The first kappa shape index (κ1) is 18.1. The average Bonchev–Trinajstić information content (AvgIpc) is 2.79. The molecule has 4 heterocycles. The van der Waals surface area contributed by atoms with Gasteiger partial charge in [-0.3, -0.25) is 4.90 Å². The second kappa shape index (κ2) is 6.53. The van der Waals surface area contributed by atoms with Crippen molar-refractivity contribution in [2.24, 2.45) is 5.41 Å². The van der Waals surface area contributed by atoms with E-state index in [9.17, 15) is 13.6 Å². The van der Waals surface area contributed by atoms with Gasteiger partial charge in [-0.25, -0.2) is 23.5 Å². The molecule has 3 aliphatic heterocycles. The topological polar surface area (TPSA) is 55.8 Å². The van der Waals surface area contributed by atoms with Crippen LogP contribution in [0.25, 0.3) is 0 Å². The number of urea groups is 1. The maximum Gasteiger partial charge on any atom is 0.324 e. The van der Waals surface area contributed by atoms with E-state index in [0.29, 0.717) is 25.6 Å². The van der Waals surface area contributed by atoms with Gasteiger partial charge in [-0.15, -0.1) is 0 Å². The molecule has 0 aliphatic carbocycles. The van der Waals surface area contributed by atoms with Crippen LogP contribution in [0.1, 0.15) is 6.42 Å². The molecule has 0 radical (unpaired) electrons. The first-order chi connectivity index (χ1) is 13.9. The number of benzene rings is 1. The molecule has 0 bridgehead atoms. The highest BCUT2D eigenvalue weighted by Crippen LogP contribution is 2.42. The molecular formula is C20H22F2N6O. The summed E-state index contributed by atoms with van der Waals surface area (Å²) in [6, 6.07) is 4.56. The fraction of sp³-hybridized carbons (Fsp3) is 0.450. The van der Waals surface area contributed by atoms with Crippen molar-refractivity contribution in [3.05, 3.63) is 42.2 Å². The van der Waals surface area contributed by atoms with E-state index in [2.05, 4.69) is 9.97 Å². The van der Waals surface area contributed by atoms with Gasteiger partial charge in [0.15, 0.2) is 5.82 Å². The van der Waals surface area contributed by atoms with Crippen LogP contribution in [0.5, 0.6) is 0 Å². The standard InChI is InChI=1S/C20H22F2N6O/c1-25-5-2-6-28(16-4-3-14(21)7-17(16)25)19(29)27-12-20(13-27)10-26(11-20)18-23-8-15(22)9-24-18/h3-4,7-9H,2,5-6,10-13H2,1H3.